The molecule has 0 saturated carbocycles. The molecule has 2 aliphatic carbocycles. The number of rotatable bonds is 2. The van der Waals surface area contributed by atoms with E-state index < -0.39 is 17.4 Å². The first kappa shape index (κ1) is 10.1. The molecule has 1 heteroatoms. The van der Waals surface area contributed by atoms with Crippen LogP contribution in [0.5, 0.6) is 0 Å². The molecule has 0 aliphatic heterocycles. The second-order valence-corrected chi connectivity index (χ2v) is 8.76. The van der Waals surface area contributed by atoms with Crippen LogP contribution in [-0.4, -0.2) is 3.81 Å². The molecule has 0 nitrogen and oxygen atoms in total. The van der Waals surface area contributed by atoms with Crippen molar-refractivity contribution in [1.82, 2.24) is 0 Å². The molecule has 14 heavy (non-hydrogen) atoms. The average molecular weight is 222 g/mol. The van der Waals surface area contributed by atoms with Gasteiger partial charge in [0.05, 0.1) is 0 Å². The van der Waals surface area contributed by atoms with Gasteiger partial charge in [-0.3, -0.25) is 0 Å². The van der Waals surface area contributed by atoms with Gasteiger partial charge in [0.15, 0.2) is 0 Å². The quantitative estimate of drug-likeness (QED) is 0.624. The molecule has 0 amide bonds. The van der Waals surface area contributed by atoms with Gasteiger partial charge in [-0.2, -0.15) is 0 Å². The van der Waals surface area contributed by atoms with Crippen molar-refractivity contribution in [2.75, 3.05) is 0 Å². The maximum atomic E-state index is 2.35. The first-order valence-corrected chi connectivity index (χ1v) is 7.53. The Morgan fingerprint density at radius 2 is 1.57 bits per heavy atom. The van der Waals surface area contributed by atoms with Crippen molar-refractivity contribution < 1.29 is 20.3 Å². The third-order valence-corrected chi connectivity index (χ3v) is 7.41. The maximum absolute atomic E-state index is 2.35. The average Bonchev–Trinajstić information content (AvgIpc) is 2.75. The molecule has 0 atom stereocenters. The van der Waals surface area contributed by atoms with Gasteiger partial charge in [-0.25, -0.2) is 0 Å². The minimum Gasteiger partial charge on any atom is -1.00 e. The molecule has 76 valence electrons. The molecule has 0 unspecified atom stereocenters. The summed E-state index contributed by atoms with van der Waals surface area (Å²) in [6, 6.07) is 0. The molecule has 0 spiro atoms. The Balaban J connectivity index is 0.00000112. The van der Waals surface area contributed by atoms with Crippen LogP contribution in [0, 0.1) is 0 Å². The van der Waals surface area contributed by atoms with Crippen LogP contribution in [0.15, 0.2) is 44.2 Å². The Kier molecular flexibility index (Phi) is 3.15. The van der Waals surface area contributed by atoms with Crippen LogP contribution in [-0.2, 0) is 17.4 Å². The van der Waals surface area contributed by atoms with Crippen LogP contribution in [0.1, 0.15) is 29.5 Å². The van der Waals surface area contributed by atoms with Crippen molar-refractivity contribution in [3.63, 3.8) is 0 Å². The third-order valence-electron chi connectivity index (χ3n) is 2.68. The Labute approximate surface area is 95.0 Å². The number of allylic oxidation sites excluding steroid dienone is 8. The molecule has 0 N–H and O–H groups in total. The summed E-state index contributed by atoms with van der Waals surface area (Å²) in [5, 5.41) is 0. The van der Waals surface area contributed by atoms with E-state index in [-0.39, 0.29) is 2.85 Å². The van der Waals surface area contributed by atoms with Crippen molar-refractivity contribution in [2.24, 2.45) is 0 Å². The van der Waals surface area contributed by atoms with Crippen molar-refractivity contribution in [3.8, 4) is 0 Å². The number of hydrogen-bond acceptors (Lipinski definition) is 0. The second kappa shape index (κ2) is 4.38. The van der Waals surface area contributed by atoms with Gasteiger partial charge in [-0.05, 0) is 0 Å². The summed E-state index contributed by atoms with van der Waals surface area (Å²) >= 11 is -1.19. The molecule has 0 aromatic rings. The SMILES string of the molecule is C[C](C)=[Ti]([C]1=CC=CC1)[C]1=CC=CC1.[H-].[H-]. The molecular formula is C13H18Ti-2. The summed E-state index contributed by atoms with van der Waals surface area (Å²) in [5.74, 6) is 0. The van der Waals surface area contributed by atoms with E-state index in [0.717, 1.165) is 0 Å². The van der Waals surface area contributed by atoms with Gasteiger partial charge in [-0.1, -0.05) is 0 Å². The summed E-state index contributed by atoms with van der Waals surface area (Å²) < 4.78 is 5.12. The predicted octanol–water partition coefficient (Wildman–Crippen LogP) is 3.73. The van der Waals surface area contributed by atoms with Crippen molar-refractivity contribution >= 4 is 3.81 Å². The molecule has 0 aromatic heterocycles. The van der Waals surface area contributed by atoms with Crippen LogP contribution < -0.4 is 0 Å². The monoisotopic (exact) mass is 222 g/mol. The molecular weight excluding hydrogens is 204 g/mol. The van der Waals surface area contributed by atoms with Gasteiger partial charge in [0.1, 0.15) is 0 Å². The molecule has 0 aromatic carbocycles. The Hall–Kier alpha value is -0.456. The summed E-state index contributed by atoms with van der Waals surface area (Å²) in [7, 11) is 0. The molecule has 0 bridgehead atoms. The normalized spacial score (nSPS) is 18.4. The van der Waals surface area contributed by atoms with E-state index in [9.17, 15) is 0 Å². The minimum atomic E-state index is -1.19. The summed E-state index contributed by atoms with van der Waals surface area (Å²) in [5.41, 5.74) is 0. The zero-order chi connectivity index (χ0) is 9.97. The largest absolute Gasteiger partial charge is 1.00 e. The fourth-order valence-corrected chi connectivity index (χ4v) is 6.59. The fraction of sp³-hybridized carbons (Fsp3) is 0.308. The summed E-state index contributed by atoms with van der Waals surface area (Å²) in [6.45, 7) is 4.63. The fourth-order valence-electron chi connectivity index (χ4n) is 2.11. The van der Waals surface area contributed by atoms with Crippen LogP contribution in [0.4, 0.5) is 0 Å². The van der Waals surface area contributed by atoms with Gasteiger partial charge in [0, 0.05) is 0 Å². The molecule has 2 rings (SSSR count). The van der Waals surface area contributed by atoms with Gasteiger partial charge in [0.25, 0.3) is 0 Å². The molecule has 0 saturated heterocycles. The maximum Gasteiger partial charge on any atom is -1.00 e. The van der Waals surface area contributed by atoms with Crippen LogP contribution in [0.25, 0.3) is 0 Å². The van der Waals surface area contributed by atoms with Gasteiger partial charge in [0.2, 0.25) is 0 Å². The van der Waals surface area contributed by atoms with Crippen molar-refractivity contribution in [1.29, 1.82) is 0 Å². The molecule has 2 aliphatic rings. The van der Waals surface area contributed by atoms with Crippen LogP contribution in [0.2, 0.25) is 0 Å². The topological polar surface area (TPSA) is 0 Å². The summed E-state index contributed by atoms with van der Waals surface area (Å²) in [4.78, 5) is 0. The molecule has 0 heterocycles. The van der Waals surface area contributed by atoms with Crippen LogP contribution in [0.3, 0.4) is 0 Å². The van der Waals surface area contributed by atoms with Gasteiger partial charge in [-0.15, -0.1) is 0 Å². The molecule has 0 fully saturated rings. The zero-order valence-electron chi connectivity index (χ0n) is 10.9. The predicted molar refractivity (Wildman–Crippen MR) is 62.3 cm³/mol. The first-order valence-electron chi connectivity index (χ1n) is 5.18. The van der Waals surface area contributed by atoms with E-state index in [1.807, 2.05) is 0 Å². The second-order valence-electron chi connectivity index (χ2n) is 4.02. The van der Waals surface area contributed by atoms with E-state index >= 15 is 0 Å². The Bertz CT molecular complexity index is 362. The van der Waals surface area contributed by atoms with Gasteiger partial charge < -0.3 is 2.85 Å². The summed E-state index contributed by atoms with van der Waals surface area (Å²) in [6.07, 6.45) is 16.1. The zero-order valence-corrected chi connectivity index (χ0v) is 10.4. The molecule has 0 radical (unpaired) electrons. The van der Waals surface area contributed by atoms with E-state index in [4.69, 9.17) is 0 Å². The Morgan fingerprint density at radius 3 is 1.86 bits per heavy atom. The van der Waals surface area contributed by atoms with Gasteiger partial charge >= 0.3 is 92.1 Å². The minimum absolute atomic E-state index is 0. The number of hydrogen-bond donors (Lipinski definition) is 0. The first-order chi connectivity index (χ1) is 6.79. The van der Waals surface area contributed by atoms with Crippen molar-refractivity contribution in [3.05, 3.63) is 44.2 Å². The van der Waals surface area contributed by atoms with E-state index in [0.29, 0.717) is 0 Å². The van der Waals surface area contributed by atoms with E-state index in [1.54, 1.807) is 11.6 Å². The van der Waals surface area contributed by atoms with E-state index in [1.165, 1.54) is 12.8 Å². The Morgan fingerprint density at radius 1 is 1.07 bits per heavy atom. The van der Waals surface area contributed by atoms with Crippen molar-refractivity contribution in [2.45, 2.75) is 26.7 Å². The standard InChI is InChI=1S/2C5H5.C3H6.Ti.2H/c2*1-2-4-5-3-1;1-3-2;;;/h2*1-3H,4H2;1-2H3;;;/q;;;;2*-1. The third kappa shape index (κ3) is 1.97. The van der Waals surface area contributed by atoms with E-state index in [2.05, 4.69) is 50.3 Å². The smallest absolute Gasteiger partial charge is 1.00 e. The van der Waals surface area contributed by atoms with Crippen LogP contribution >= 0.6 is 0 Å².